The lowest BCUT2D eigenvalue weighted by Crippen LogP contribution is -2.22. The monoisotopic (exact) mass is 326 g/mol. The molecule has 2 aromatic rings. The summed E-state index contributed by atoms with van der Waals surface area (Å²) in [4.78, 5) is 0. The minimum atomic E-state index is -0.286. The highest BCUT2D eigenvalue weighted by molar-refractivity contribution is 9.10. The van der Waals surface area contributed by atoms with Gasteiger partial charge in [-0.2, -0.15) is 0 Å². The van der Waals surface area contributed by atoms with Crippen molar-refractivity contribution in [2.75, 3.05) is 5.32 Å². The first-order chi connectivity index (χ1) is 8.86. The molecule has 0 unspecified atom stereocenters. The van der Waals surface area contributed by atoms with Gasteiger partial charge < -0.3 is 5.32 Å². The Labute approximate surface area is 120 Å². The SMILES string of the molecule is CC(C)(C)n1cc(CNc2cc(Br)ccc2F)nn1. The summed E-state index contributed by atoms with van der Waals surface area (Å²) in [5, 5.41) is 11.1. The second kappa shape index (κ2) is 5.28. The predicted molar refractivity (Wildman–Crippen MR) is 76.4 cm³/mol. The summed E-state index contributed by atoms with van der Waals surface area (Å²) in [6, 6.07) is 4.78. The maximum absolute atomic E-state index is 13.5. The number of benzene rings is 1. The van der Waals surface area contributed by atoms with Gasteiger partial charge in [0.05, 0.1) is 24.0 Å². The van der Waals surface area contributed by atoms with Gasteiger partial charge in [0.1, 0.15) is 11.5 Å². The summed E-state index contributed by atoms with van der Waals surface area (Å²) < 4.78 is 16.2. The lowest BCUT2D eigenvalue weighted by molar-refractivity contribution is 0.347. The molecule has 2 rings (SSSR count). The van der Waals surface area contributed by atoms with E-state index in [1.54, 1.807) is 16.8 Å². The average molecular weight is 327 g/mol. The Balaban J connectivity index is 2.06. The summed E-state index contributed by atoms with van der Waals surface area (Å²) >= 11 is 3.31. The Bertz CT molecular complexity index is 574. The minimum Gasteiger partial charge on any atom is -0.377 e. The largest absolute Gasteiger partial charge is 0.377 e. The van der Waals surface area contributed by atoms with Crippen molar-refractivity contribution in [2.24, 2.45) is 0 Å². The Morgan fingerprint density at radius 3 is 2.74 bits per heavy atom. The normalized spacial score (nSPS) is 11.6. The van der Waals surface area contributed by atoms with E-state index in [-0.39, 0.29) is 11.4 Å². The van der Waals surface area contributed by atoms with Gasteiger partial charge in [-0.25, -0.2) is 9.07 Å². The summed E-state index contributed by atoms with van der Waals surface area (Å²) in [5.74, 6) is -0.286. The quantitative estimate of drug-likeness (QED) is 0.937. The van der Waals surface area contributed by atoms with Gasteiger partial charge in [-0.05, 0) is 39.0 Å². The lowest BCUT2D eigenvalue weighted by atomic mass is 10.1. The molecule has 1 aromatic carbocycles. The van der Waals surface area contributed by atoms with Gasteiger partial charge in [0, 0.05) is 4.47 Å². The van der Waals surface area contributed by atoms with Gasteiger partial charge >= 0.3 is 0 Å². The van der Waals surface area contributed by atoms with E-state index >= 15 is 0 Å². The number of rotatable bonds is 3. The molecule has 4 nitrogen and oxygen atoms in total. The van der Waals surface area contributed by atoms with Gasteiger partial charge in [-0.3, -0.25) is 0 Å². The van der Waals surface area contributed by atoms with Crippen LogP contribution in [0.25, 0.3) is 0 Å². The summed E-state index contributed by atoms with van der Waals surface area (Å²) in [6.45, 7) is 6.58. The Hall–Kier alpha value is -1.43. The maximum Gasteiger partial charge on any atom is 0.146 e. The zero-order valence-corrected chi connectivity index (χ0v) is 12.7. The molecule has 0 amide bonds. The molecule has 0 spiro atoms. The van der Waals surface area contributed by atoms with Crippen LogP contribution in [0.4, 0.5) is 10.1 Å². The van der Waals surface area contributed by atoms with Crippen LogP contribution < -0.4 is 5.32 Å². The van der Waals surface area contributed by atoms with Gasteiger partial charge in [-0.1, -0.05) is 21.1 Å². The van der Waals surface area contributed by atoms with E-state index < -0.39 is 0 Å². The van der Waals surface area contributed by atoms with E-state index in [0.29, 0.717) is 12.2 Å². The molecule has 0 saturated carbocycles. The number of halogens is 2. The molecular formula is C13H16BrFN4. The van der Waals surface area contributed by atoms with E-state index in [4.69, 9.17) is 0 Å². The van der Waals surface area contributed by atoms with Crippen LogP contribution in [0, 0.1) is 5.82 Å². The standard InChI is InChI=1S/C13H16BrFN4/c1-13(2,3)19-8-10(17-18-19)7-16-12-6-9(14)4-5-11(12)15/h4-6,8,16H,7H2,1-3H3. The van der Waals surface area contributed by atoms with Crippen LogP contribution in [0.5, 0.6) is 0 Å². The van der Waals surface area contributed by atoms with Crippen LogP contribution in [-0.4, -0.2) is 15.0 Å². The first-order valence-corrected chi connectivity index (χ1v) is 6.76. The van der Waals surface area contributed by atoms with E-state index in [9.17, 15) is 4.39 Å². The van der Waals surface area contributed by atoms with Crippen LogP contribution in [0.1, 0.15) is 26.5 Å². The third kappa shape index (κ3) is 3.53. The molecule has 0 fully saturated rings. The molecule has 0 saturated heterocycles. The molecule has 0 radical (unpaired) electrons. The molecule has 1 N–H and O–H groups in total. The Kier molecular flexibility index (Phi) is 3.89. The van der Waals surface area contributed by atoms with Crippen LogP contribution in [-0.2, 0) is 12.1 Å². The van der Waals surface area contributed by atoms with Crippen molar-refractivity contribution in [2.45, 2.75) is 32.9 Å². The summed E-state index contributed by atoms with van der Waals surface area (Å²) in [5.41, 5.74) is 1.11. The predicted octanol–water partition coefficient (Wildman–Crippen LogP) is 3.55. The van der Waals surface area contributed by atoms with Crippen LogP contribution in [0.2, 0.25) is 0 Å². The molecule has 0 aliphatic rings. The Morgan fingerprint density at radius 1 is 1.37 bits per heavy atom. The van der Waals surface area contributed by atoms with Crippen molar-refractivity contribution in [1.82, 2.24) is 15.0 Å². The highest BCUT2D eigenvalue weighted by Crippen LogP contribution is 2.20. The number of hydrogen-bond donors (Lipinski definition) is 1. The maximum atomic E-state index is 13.5. The van der Waals surface area contributed by atoms with Gasteiger partial charge in [0.25, 0.3) is 0 Å². The molecule has 1 aromatic heterocycles. The molecule has 0 bridgehead atoms. The third-order valence-corrected chi connectivity index (χ3v) is 3.11. The van der Waals surface area contributed by atoms with E-state index in [1.165, 1.54) is 6.07 Å². The van der Waals surface area contributed by atoms with Crippen molar-refractivity contribution in [3.8, 4) is 0 Å². The number of aromatic nitrogens is 3. The van der Waals surface area contributed by atoms with Gasteiger partial charge in [0.2, 0.25) is 0 Å². The molecule has 19 heavy (non-hydrogen) atoms. The van der Waals surface area contributed by atoms with Crippen molar-refractivity contribution >= 4 is 21.6 Å². The fourth-order valence-electron chi connectivity index (χ4n) is 1.53. The molecule has 6 heteroatoms. The zero-order chi connectivity index (χ0) is 14.0. The third-order valence-electron chi connectivity index (χ3n) is 2.62. The topological polar surface area (TPSA) is 42.7 Å². The number of nitrogens with one attached hydrogen (secondary N) is 1. The molecule has 102 valence electrons. The lowest BCUT2D eigenvalue weighted by Gasteiger charge is -2.17. The van der Waals surface area contributed by atoms with Crippen LogP contribution >= 0.6 is 15.9 Å². The molecule has 1 heterocycles. The number of anilines is 1. The summed E-state index contributed by atoms with van der Waals surface area (Å²) in [6.07, 6.45) is 1.86. The van der Waals surface area contributed by atoms with Crippen LogP contribution in [0.3, 0.4) is 0 Å². The highest BCUT2D eigenvalue weighted by atomic mass is 79.9. The second-order valence-electron chi connectivity index (χ2n) is 5.30. The first-order valence-electron chi connectivity index (χ1n) is 5.97. The fourth-order valence-corrected chi connectivity index (χ4v) is 1.89. The molecule has 0 aliphatic heterocycles. The average Bonchev–Trinajstić information content (AvgIpc) is 2.79. The smallest absolute Gasteiger partial charge is 0.146 e. The summed E-state index contributed by atoms with van der Waals surface area (Å²) in [7, 11) is 0. The minimum absolute atomic E-state index is 0.105. The molecule has 0 aliphatic carbocycles. The number of hydrogen-bond acceptors (Lipinski definition) is 3. The van der Waals surface area contributed by atoms with Crippen molar-refractivity contribution < 1.29 is 4.39 Å². The Morgan fingerprint density at radius 2 is 2.11 bits per heavy atom. The van der Waals surface area contributed by atoms with E-state index in [0.717, 1.165) is 10.2 Å². The zero-order valence-electron chi connectivity index (χ0n) is 11.1. The van der Waals surface area contributed by atoms with Gasteiger partial charge in [-0.15, -0.1) is 5.10 Å². The molecular weight excluding hydrogens is 311 g/mol. The highest BCUT2D eigenvalue weighted by Gasteiger charge is 2.15. The van der Waals surface area contributed by atoms with E-state index in [2.05, 4.69) is 31.6 Å². The second-order valence-corrected chi connectivity index (χ2v) is 6.22. The van der Waals surface area contributed by atoms with Crippen molar-refractivity contribution in [1.29, 1.82) is 0 Å². The van der Waals surface area contributed by atoms with Crippen molar-refractivity contribution in [3.63, 3.8) is 0 Å². The van der Waals surface area contributed by atoms with Crippen molar-refractivity contribution in [3.05, 3.63) is 40.4 Å². The fraction of sp³-hybridized carbons (Fsp3) is 0.385. The number of nitrogens with zero attached hydrogens (tertiary/aromatic N) is 3. The molecule has 0 atom stereocenters. The van der Waals surface area contributed by atoms with E-state index in [1.807, 2.05) is 27.0 Å². The van der Waals surface area contributed by atoms with Gasteiger partial charge in [0.15, 0.2) is 0 Å². The first kappa shape index (κ1) is 14.0. The van der Waals surface area contributed by atoms with Crippen LogP contribution in [0.15, 0.2) is 28.9 Å².